The van der Waals surface area contributed by atoms with Crippen LogP contribution in [0.3, 0.4) is 0 Å². The first-order valence-corrected chi connectivity index (χ1v) is 7.95. The zero-order valence-corrected chi connectivity index (χ0v) is 12.4. The summed E-state index contributed by atoms with van der Waals surface area (Å²) in [4.78, 5) is 0.475. The summed E-state index contributed by atoms with van der Waals surface area (Å²) >= 11 is 7.09. The van der Waals surface area contributed by atoms with Crippen LogP contribution in [0, 0.1) is 12.8 Å². The molecule has 1 fully saturated rings. The molecule has 0 aromatic heterocycles. The van der Waals surface area contributed by atoms with Crippen LogP contribution in [0.25, 0.3) is 0 Å². The topological polar surface area (TPSA) is 38.0 Å². The Morgan fingerprint density at radius 1 is 1.44 bits per heavy atom. The Bertz CT molecular complexity index is 426. The van der Waals surface area contributed by atoms with Crippen molar-refractivity contribution in [3.63, 3.8) is 0 Å². The number of thiocarbonyl (C=S) groups is 1. The van der Waals surface area contributed by atoms with Gasteiger partial charge in [0.15, 0.2) is 0 Å². The van der Waals surface area contributed by atoms with E-state index in [-0.39, 0.29) is 0 Å². The average Bonchev–Trinajstić information content (AvgIpc) is 2.37. The van der Waals surface area contributed by atoms with E-state index in [9.17, 15) is 0 Å². The summed E-state index contributed by atoms with van der Waals surface area (Å²) < 4.78 is 0. The molecule has 2 nitrogen and oxygen atoms in total. The molecule has 0 spiro atoms. The Kier molecular flexibility index (Phi) is 4.89. The molecule has 0 radical (unpaired) electrons. The van der Waals surface area contributed by atoms with Crippen LogP contribution in [-0.2, 0) is 0 Å². The number of thioether (sulfide) groups is 1. The van der Waals surface area contributed by atoms with E-state index >= 15 is 0 Å². The molecular formula is C14H20N2S2. The SMILES string of the molecule is Cc1cc(NCC2CCSCC2)ccc1C(N)=S. The standard InChI is InChI=1S/C14H20N2S2/c1-10-8-12(2-3-13(10)14(15)17)16-9-11-4-6-18-7-5-11/h2-3,8,11,16H,4-7,9H2,1H3,(H2,15,17). The van der Waals surface area contributed by atoms with E-state index in [1.165, 1.54) is 30.0 Å². The fourth-order valence-electron chi connectivity index (χ4n) is 2.26. The van der Waals surface area contributed by atoms with Gasteiger partial charge >= 0.3 is 0 Å². The van der Waals surface area contributed by atoms with Crippen LogP contribution in [0.1, 0.15) is 24.0 Å². The molecule has 0 unspecified atom stereocenters. The Labute approximate surface area is 119 Å². The van der Waals surface area contributed by atoms with Crippen molar-refractivity contribution in [3.05, 3.63) is 29.3 Å². The minimum absolute atomic E-state index is 0.475. The highest BCUT2D eigenvalue weighted by Crippen LogP contribution is 2.23. The minimum atomic E-state index is 0.475. The zero-order chi connectivity index (χ0) is 13.0. The third kappa shape index (κ3) is 3.62. The van der Waals surface area contributed by atoms with E-state index in [0.29, 0.717) is 4.99 Å². The Hall–Kier alpha value is -0.740. The van der Waals surface area contributed by atoms with E-state index in [2.05, 4.69) is 36.1 Å². The highest BCUT2D eigenvalue weighted by atomic mass is 32.2. The lowest BCUT2D eigenvalue weighted by molar-refractivity contribution is 0.516. The van der Waals surface area contributed by atoms with Crippen molar-refractivity contribution in [1.82, 2.24) is 0 Å². The highest BCUT2D eigenvalue weighted by Gasteiger charge is 2.13. The van der Waals surface area contributed by atoms with Crippen LogP contribution in [0.5, 0.6) is 0 Å². The predicted octanol–water partition coefficient (Wildman–Crippen LogP) is 3.18. The molecule has 0 aliphatic carbocycles. The summed E-state index contributed by atoms with van der Waals surface area (Å²) in [5.41, 5.74) is 8.96. The van der Waals surface area contributed by atoms with Crippen molar-refractivity contribution in [2.75, 3.05) is 23.4 Å². The second kappa shape index (κ2) is 6.43. The monoisotopic (exact) mass is 280 g/mol. The van der Waals surface area contributed by atoms with E-state index < -0.39 is 0 Å². The molecule has 1 aliphatic rings. The lowest BCUT2D eigenvalue weighted by Crippen LogP contribution is -2.19. The van der Waals surface area contributed by atoms with E-state index in [0.717, 1.165) is 23.6 Å². The van der Waals surface area contributed by atoms with Crippen molar-refractivity contribution >= 4 is 34.7 Å². The molecule has 2 rings (SSSR count). The summed E-state index contributed by atoms with van der Waals surface area (Å²) in [5, 5.41) is 3.53. The Balaban J connectivity index is 1.93. The normalized spacial score (nSPS) is 16.5. The van der Waals surface area contributed by atoms with Crippen molar-refractivity contribution in [1.29, 1.82) is 0 Å². The number of anilines is 1. The van der Waals surface area contributed by atoms with Crippen molar-refractivity contribution in [2.24, 2.45) is 11.7 Å². The third-order valence-electron chi connectivity index (χ3n) is 3.43. The molecule has 1 aromatic rings. The summed E-state index contributed by atoms with van der Waals surface area (Å²) in [6.45, 7) is 3.13. The van der Waals surface area contributed by atoms with Gasteiger partial charge in [-0.15, -0.1) is 0 Å². The van der Waals surface area contributed by atoms with Crippen LogP contribution in [0.2, 0.25) is 0 Å². The molecule has 4 heteroatoms. The molecule has 1 heterocycles. The molecule has 0 saturated carbocycles. The van der Waals surface area contributed by atoms with Crippen LogP contribution >= 0.6 is 24.0 Å². The first-order chi connectivity index (χ1) is 8.66. The van der Waals surface area contributed by atoms with Gasteiger partial charge in [-0.3, -0.25) is 0 Å². The fourth-order valence-corrected chi connectivity index (χ4v) is 3.70. The first-order valence-electron chi connectivity index (χ1n) is 6.39. The number of aryl methyl sites for hydroxylation is 1. The van der Waals surface area contributed by atoms with Crippen LogP contribution in [0.4, 0.5) is 5.69 Å². The number of nitrogens with one attached hydrogen (secondary N) is 1. The molecule has 0 amide bonds. The Morgan fingerprint density at radius 3 is 2.78 bits per heavy atom. The van der Waals surface area contributed by atoms with Gasteiger partial charge in [0.2, 0.25) is 0 Å². The first kappa shape index (κ1) is 13.7. The summed E-state index contributed by atoms with van der Waals surface area (Å²) in [7, 11) is 0. The molecule has 0 bridgehead atoms. The molecule has 3 N–H and O–H groups in total. The molecule has 0 atom stereocenters. The van der Waals surface area contributed by atoms with Crippen LogP contribution in [0.15, 0.2) is 18.2 Å². The fraction of sp³-hybridized carbons (Fsp3) is 0.500. The molecule has 1 aliphatic heterocycles. The van der Waals surface area contributed by atoms with Gasteiger partial charge in [0, 0.05) is 17.8 Å². The van der Waals surface area contributed by atoms with Gasteiger partial charge in [0.05, 0.1) is 0 Å². The van der Waals surface area contributed by atoms with Crippen molar-refractivity contribution in [3.8, 4) is 0 Å². The second-order valence-corrected chi connectivity index (χ2v) is 6.50. The maximum Gasteiger partial charge on any atom is 0.104 e. The van der Waals surface area contributed by atoms with E-state index in [1.54, 1.807) is 0 Å². The van der Waals surface area contributed by atoms with Gasteiger partial charge in [-0.1, -0.05) is 12.2 Å². The molecule has 1 aromatic carbocycles. The second-order valence-electron chi connectivity index (χ2n) is 4.83. The Morgan fingerprint density at radius 2 is 2.17 bits per heavy atom. The number of nitrogens with two attached hydrogens (primary N) is 1. The average molecular weight is 280 g/mol. The largest absolute Gasteiger partial charge is 0.389 e. The number of hydrogen-bond donors (Lipinski definition) is 2. The number of rotatable bonds is 4. The maximum absolute atomic E-state index is 5.66. The van der Waals surface area contributed by atoms with Gasteiger partial charge in [0.25, 0.3) is 0 Å². The lowest BCUT2D eigenvalue weighted by atomic mass is 10.0. The number of benzene rings is 1. The summed E-state index contributed by atoms with van der Waals surface area (Å²) in [6, 6.07) is 6.21. The maximum atomic E-state index is 5.66. The summed E-state index contributed by atoms with van der Waals surface area (Å²) in [5.74, 6) is 3.44. The van der Waals surface area contributed by atoms with E-state index in [4.69, 9.17) is 18.0 Å². The van der Waals surface area contributed by atoms with E-state index in [1.807, 2.05) is 6.07 Å². The molecule has 98 valence electrons. The van der Waals surface area contributed by atoms with Crippen LogP contribution < -0.4 is 11.1 Å². The van der Waals surface area contributed by atoms with Gasteiger partial charge < -0.3 is 11.1 Å². The smallest absolute Gasteiger partial charge is 0.104 e. The number of hydrogen-bond acceptors (Lipinski definition) is 3. The zero-order valence-electron chi connectivity index (χ0n) is 10.7. The lowest BCUT2D eigenvalue weighted by Gasteiger charge is -2.22. The molecular weight excluding hydrogens is 260 g/mol. The van der Waals surface area contributed by atoms with Crippen LogP contribution in [-0.4, -0.2) is 23.0 Å². The van der Waals surface area contributed by atoms with Gasteiger partial charge in [-0.05, 0) is 61.0 Å². The predicted molar refractivity (Wildman–Crippen MR) is 85.6 cm³/mol. The quantitative estimate of drug-likeness (QED) is 0.831. The third-order valence-corrected chi connectivity index (χ3v) is 4.70. The van der Waals surface area contributed by atoms with Crippen molar-refractivity contribution < 1.29 is 0 Å². The summed E-state index contributed by atoms with van der Waals surface area (Å²) in [6.07, 6.45) is 2.67. The van der Waals surface area contributed by atoms with Gasteiger partial charge in [-0.25, -0.2) is 0 Å². The molecule has 18 heavy (non-hydrogen) atoms. The van der Waals surface area contributed by atoms with Gasteiger partial charge in [0.1, 0.15) is 4.99 Å². The minimum Gasteiger partial charge on any atom is -0.389 e. The molecule has 1 saturated heterocycles. The van der Waals surface area contributed by atoms with Gasteiger partial charge in [-0.2, -0.15) is 11.8 Å². The van der Waals surface area contributed by atoms with Crippen molar-refractivity contribution in [2.45, 2.75) is 19.8 Å². The highest BCUT2D eigenvalue weighted by molar-refractivity contribution is 7.99.